The molecule has 0 aliphatic heterocycles. The Bertz CT molecular complexity index is 553. The van der Waals surface area contributed by atoms with Crippen molar-refractivity contribution in [1.29, 1.82) is 0 Å². The molecule has 1 amide bonds. The molecule has 2 aliphatic carbocycles. The van der Waals surface area contributed by atoms with Crippen LogP contribution in [0.5, 0.6) is 0 Å². The Labute approximate surface area is 115 Å². The first-order valence-corrected chi connectivity index (χ1v) is 7.87. The molecule has 0 aromatic heterocycles. The summed E-state index contributed by atoms with van der Waals surface area (Å²) in [5, 5.41) is 0. The van der Waals surface area contributed by atoms with Crippen molar-refractivity contribution in [2.75, 3.05) is 0 Å². The molecule has 114 valence electrons. The predicted molar refractivity (Wildman–Crippen MR) is 65.9 cm³/mol. The van der Waals surface area contributed by atoms with Crippen LogP contribution in [0.15, 0.2) is 11.6 Å². The first-order chi connectivity index (χ1) is 9.06. The normalized spacial score (nSPS) is 30.6. The zero-order valence-electron chi connectivity index (χ0n) is 11.0. The van der Waals surface area contributed by atoms with E-state index in [9.17, 15) is 26.4 Å². The fourth-order valence-electron chi connectivity index (χ4n) is 3.23. The van der Waals surface area contributed by atoms with Gasteiger partial charge in [0.15, 0.2) is 0 Å². The largest absolute Gasteiger partial charge is 0.516 e. The van der Waals surface area contributed by atoms with Gasteiger partial charge in [-0.05, 0) is 38.0 Å². The molecule has 20 heavy (non-hydrogen) atoms. The lowest BCUT2D eigenvalue weighted by Crippen LogP contribution is -2.50. The van der Waals surface area contributed by atoms with E-state index >= 15 is 0 Å². The van der Waals surface area contributed by atoms with Crippen LogP contribution in [0.25, 0.3) is 0 Å². The molecule has 2 unspecified atom stereocenters. The van der Waals surface area contributed by atoms with E-state index in [1.54, 1.807) is 0 Å². The summed E-state index contributed by atoms with van der Waals surface area (Å²) in [5.41, 5.74) is -5.44. The molecule has 0 radical (unpaired) electrons. The van der Waals surface area contributed by atoms with Gasteiger partial charge in [0.05, 0.1) is 5.41 Å². The lowest BCUT2D eigenvalue weighted by atomic mass is 9.63. The number of fused-ring (bicyclic) bond motifs is 2. The fourth-order valence-corrected chi connectivity index (χ4v) is 3.81. The minimum absolute atomic E-state index is 0.0680. The maximum absolute atomic E-state index is 12.3. The summed E-state index contributed by atoms with van der Waals surface area (Å²) < 4.78 is 60.4. The van der Waals surface area contributed by atoms with Gasteiger partial charge in [-0.15, -0.1) is 0 Å². The second-order valence-electron chi connectivity index (χ2n) is 5.70. The van der Waals surface area contributed by atoms with Crippen molar-refractivity contribution in [1.82, 2.24) is 4.72 Å². The number of hydrogen-bond acceptors (Lipinski definition) is 3. The Balaban J connectivity index is 2.23. The third-order valence-electron chi connectivity index (χ3n) is 3.97. The van der Waals surface area contributed by atoms with E-state index in [4.69, 9.17) is 0 Å². The smallest absolute Gasteiger partial charge is 0.273 e. The Hall–Kier alpha value is -1.05. The number of carbonyl (C=O) groups is 1. The summed E-state index contributed by atoms with van der Waals surface area (Å²) in [6.45, 7) is 1.88. The quantitative estimate of drug-likeness (QED) is 0.797. The molecule has 4 nitrogen and oxygen atoms in total. The zero-order valence-corrected chi connectivity index (χ0v) is 11.8. The predicted octanol–water partition coefficient (Wildman–Crippen LogP) is 2.48. The molecule has 8 heteroatoms. The first kappa shape index (κ1) is 15.3. The van der Waals surface area contributed by atoms with E-state index in [0.717, 1.165) is 12.0 Å². The summed E-state index contributed by atoms with van der Waals surface area (Å²) in [7, 11) is -5.62. The Morgan fingerprint density at radius 1 is 1.45 bits per heavy atom. The SMILES string of the molecule is CC1C=C2CCCC(C(=O)NS(=O)(=O)C(F)(F)F)(C2)C1. The van der Waals surface area contributed by atoms with Crippen LogP contribution in [0, 0.1) is 11.3 Å². The molecular formula is C12H16F3NO3S. The molecule has 1 saturated carbocycles. The van der Waals surface area contributed by atoms with Crippen LogP contribution in [0.3, 0.4) is 0 Å². The number of allylic oxidation sites excluding steroid dienone is 2. The Morgan fingerprint density at radius 2 is 2.10 bits per heavy atom. The number of halogens is 3. The van der Waals surface area contributed by atoms with Gasteiger partial charge < -0.3 is 0 Å². The van der Waals surface area contributed by atoms with Crippen molar-refractivity contribution < 1.29 is 26.4 Å². The van der Waals surface area contributed by atoms with Gasteiger partial charge in [0.1, 0.15) is 0 Å². The number of amides is 1. The van der Waals surface area contributed by atoms with Crippen LogP contribution >= 0.6 is 0 Å². The van der Waals surface area contributed by atoms with Gasteiger partial charge in [0.25, 0.3) is 0 Å². The fraction of sp³-hybridized carbons (Fsp3) is 0.750. The number of carbonyl (C=O) groups excluding carboxylic acids is 1. The highest BCUT2D eigenvalue weighted by molar-refractivity contribution is 7.90. The first-order valence-electron chi connectivity index (χ1n) is 6.39. The van der Waals surface area contributed by atoms with Gasteiger partial charge in [-0.25, -0.2) is 4.72 Å². The summed E-state index contributed by atoms with van der Waals surface area (Å²) in [5.74, 6) is -0.953. The van der Waals surface area contributed by atoms with Crippen molar-refractivity contribution in [3.63, 3.8) is 0 Å². The highest BCUT2D eigenvalue weighted by Gasteiger charge is 2.51. The molecule has 0 aromatic rings. The van der Waals surface area contributed by atoms with Crippen LogP contribution < -0.4 is 4.72 Å². The van der Waals surface area contributed by atoms with Crippen LogP contribution in [0.2, 0.25) is 0 Å². The minimum atomic E-state index is -5.62. The molecule has 1 N–H and O–H groups in total. The molecule has 2 rings (SSSR count). The van der Waals surface area contributed by atoms with Crippen LogP contribution in [-0.4, -0.2) is 19.8 Å². The Morgan fingerprint density at radius 3 is 2.70 bits per heavy atom. The van der Waals surface area contributed by atoms with Crippen LogP contribution in [0.4, 0.5) is 13.2 Å². The lowest BCUT2D eigenvalue weighted by molar-refractivity contribution is -0.132. The average molecular weight is 311 g/mol. The molecule has 0 aromatic carbocycles. The molecule has 0 spiro atoms. The second kappa shape index (κ2) is 4.75. The van der Waals surface area contributed by atoms with Gasteiger partial charge in [-0.2, -0.15) is 21.6 Å². The van der Waals surface area contributed by atoms with Crippen LogP contribution in [0.1, 0.15) is 39.0 Å². The van der Waals surface area contributed by atoms with Gasteiger partial charge >= 0.3 is 15.5 Å². The summed E-state index contributed by atoms with van der Waals surface area (Å²) >= 11 is 0. The molecule has 2 aliphatic rings. The Kier molecular flexibility index (Phi) is 3.64. The van der Waals surface area contributed by atoms with Crippen molar-refractivity contribution >= 4 is 15.9 Å². The van der Waals surface area contributed by atoms with E-state index in [-0.39, 0.29) is 5.92 Å². The van der Waals surface area contributed by atoms with Crippen molar-refractivity contribution in [3.8, 4) is 0 Å². The number of alkyl halides is 3. The number of rotatable bonds is 2. The number of nitrogens with one attached hydrogen (secondary N) is 1. The maximum Gasteiger partial charge on any atom is 0.516 e. The number of hydrogen-bond donors (Lipinski definition) is 1. The number of sulfonamides is 1. The molecule has 2 bridgehead atoms. The molecule has 2 atom stereocenters. The van der Waals surface area contributed by atoms with Crippen molar-refractivity contribution in [2.45, 2.75) is 44.5 Å². The minimum Gasteiger partial charge on any atom is -0.273 e. The third kappa shape index (κ3) is 2.70. The molecular weight excluding hydrogens is 295 g/mol. The summed E-state index contributed by atoms with van der Waals surface area (Å²) in [6.07, 6.45) is 4.71. The maximum atomic E-state index is 12.3. The second-order valence-corrected chi connectivity index (χ2v) is 7.37. The van der Waals surface area contributed by atoms with Gasteiger partial charge in [-0.3, -0.25) is 4.79 Å². The standard InChI is InChI=1S/C12H16F3NO3S/c1-8-5-9-3-2-4-11(6-8,7-9)10(17)16-20(18,19)12(13,14)15/h5,8H,2-4,6-7H2,1H3,(H,16,17). The molecule has 1 fully saturated rings. The summed E-state index contributed by atoms with van der Waals surface area (Å²) in [4.78, 5) is 12.1. The van der Waals surface area contributed by atoms with E-state index in [1.165, 1.54) is 4.72 Å². The highest BCUT2D eigenvalue weighted by atomic mass is 32.2. The van der Waals surface area contributed by atoms with Gasteiger partial charge in [0, 0.05) is 0 Å². The highest BCUT2D eigenvalue weighted by Crippen LogP contribution is 2.48. The lowest BCUT2D eigenvalue weighted by Gasteiger charge is -2.41. The van der Waals surface area contributed by atoms with Crippen molar-refractivity contribution in [3.05, 3.63) is 11.6 Å². The van der Waals surface area contributed by atoms with Crippen molar-refractivity contribution in [2.24, 2.45) is 11.3 Å². The average Bonchev–Trinajstić information content (AvgIpc) is 2.25. The topological polar surface area (TPSA) is 63.2 Å². The molecule has 0 saturated heterocycles. The summed E-state index contributed by atoms with van der Waals surface area (Å²) in [6, 6.07) is 0. The van der Waals surface area contributed by atoms with E-state index in [0.29, 0.717) is 25.7 Å². The van der Waals surface area contributed by atoms with Gasteiger partial charge in [-0.1, -0.05) is 18.6 Å². The third-order valence-corrected chi connectivity index (χ3v) is 5.03. The molecule has 0 heterocycles. The monoisotopic (exact) mass is 311 g/mol. The van der Waals surface area contributed by atoms with E-state index in [1.807, 2.05) is 13.0 Å². The zero-order chi connectivity index (χ0) is 15.2. The van der Waals surface area contributed by atoms with Gasteiger partial charge in [0.2, 0.25) is 5.91 Å². The van der Waals surface area contributed by atoms with E-state index in [2.05, 4.69) is 0 Å². The van der Waals surface area contributed by atoms with E-state index < -0.39 is 26.9 Å². The van der Waals surface area contributed by atoms with Crippen LogP contribution in [-0.2, 0) is 14.8 Å².